The third kappa shape index (κ3) is 4.82. The van der Waals surface area contributed by atoms with E-state index in [1.807, 2.05) is 0 Å². The predicted molar refractivity (Wildman–Crippen MR) is 87.6 cm³/mol. The maximum atomic E-state index is 13.6. The zero-order chi connectivity index (χ0) is 17.0. The van der Waals surface area contributed by atoms with Crippen LogP contribution in [0.5, 0.6) is 0 Å². The van der Waals surface area contributed by atoms with Gasteiger partial charge in [0, 0.05) is 22.2 Å². The molecule has 0 saturated heterocycles. The summed E-state index contributed by atoms with van der Waals surface area (Å²) in [6.45, 7) is -0.101. The van der Waals surface area contributed by atoms with Crippen molar-refractivity contribution in [3.63, 3.8) is 0 Å². The van der Waals surface area contributed by atoms with Crippen molar-refractivity contribution < 1.29 is 14.0 Å². The van der Waals surface area contributed by atoms with Crippen LogP contribution in [0.3, 0.4) is 0 Å². The van der Waals surface area contributed by atoms with E-state index in [4.69, 9.17) is 34.8 Å². The van der Waals surface area contributed by atoms with Gasteiger partial charge in [-0.3, -0.25) is 10.1 Å². The average molecular weight is 376 g/mol. The Bertz CT molecular complexity index is 768. The molecule has 2 aromatic rings. The van der Waals surface area contributed by atoms with Gasteiger partial charge in [-0.2, -0.15) is 0 Å². The minimum Gasteiger partial charge on any atom is -0.334 e. The summed E-state index contributed by atoms with van der Waals surface area (Å²) in [7, 11) is 0. The van der Waals surface area contributed by atoms with E-state index in [-0.39, 0.29) is 27.7 Å². The van der Waals surface area contributed by atoms with Crippen molar-refractivity contribution in [2.45, 2.75) is 6.54 Å². The first-order valence-electron chi connectivity index (χ1n) is 6.35. The Balaban J connectivity index is 1.95. The topological polar surface area (TPSA) is 58.2 Å². The van der Waals surface area contributed by atoms with E-state index in [2.05, 4.69) is 10.6 Å². The standard InChI is InChI=1S/C15H10Cl3FN2O2/c16-9-3-4-11(12(18)5-9)14(22)21-15(23)20-7-8-1-2-10(17)6-13(8)19/h1-6H,7H2,(H2,20,21,22,23). The van der Waals surface area contributed by atoms with Crippen LogP contribution in [0.4, 0.5) is 9.18 Å². The summed E-state index contributed by atoms with van der Waals surface area (Å²) in [5, 5.41) is 5.20. The molecule has 0 radical (unpaired) electrons. The average Bonchev–Trinajstić information content (AvgIpc) is 2.46. The molecule has 0 fully saturated rings. The lowest BCUT2D eigenvalue weighted by atomic mass is 10.2. The van der Waals surface area contributed by atoms with Crippen LogP contribution in [0.25, 0.3) is 0 Å². The van der Waals surface area contributed by atoms with E-state index in [0.29, 0.717) is 5.02 Å². The number of hydrogen-bond acceptors (Lipinski definition) is 2. The maximum Gasteiger partial charge on any atom is 0.321 e. The molecule has 23 heavy (non-hydrogen) atoms. The van der Waals surface area contributed by atoms with Gasteiger partial charge in [-0.25, -0.2) is 9.18 Å². The number of urea groups is 1. The van der Waals surface area contributed by atoms with Crippen LogP contribution >= 0.6 is 34.8 Å². The second-order valence-corrected chi connectivity index (χ2v) is 5.78. The van der Waals surface area contributed by atoms with E-state index < -0.39 is 17.8 Å². The molecule has 0 aliphatic heterocycles. The first kappa shape index (κ1) is 17.5. The first-order valence-corrected chi connectivity index (χ1v) is 7.48. The van der Waals surface area contributed by atoms with Crippen LogP contribution in [-0.4, -0.2) is 11.9 Å². The van der Waals surface area contributed by atoms with Gasteiger partial charge in [0.2, 0.25) is 0 Å². The van der Waals surface area contributed by atoms with Gasteiger partial charge in [0.05, 0.1) is 10.6 Å². The highest BCUT2D eigenvalue weighted by Crippen LogP contribution is 2.20. The molecule has 0 aliphatic rings. The van der Waals surface area contributed by atoms with Crippen LogP contribution in [0.15, 0.2) is 36.4 Å². The Morgan fingerprint density at radius 3 is 2.30 bits per heavy atom. The Morgan fingerprint density at radius 2 is 1.65 bits per heavy atom. The lowest BCUT2D eigenvalue weighted by Gasteiger charge is -2.09. The molecule has 0 heterocycles. The van der Waals surface area contributed by atoms with Gasteiger partial charge in [-0.1, -0.05) is 40.9 Å². The smallest absolute Gasteiger partial charge is 0.321 e. The van der Waals surface area contributed by atoms with Crippen LogP contribution in [0.1, 0.15) is 15.9 Å². The second-order valence-electron chi connectivity index (χ2n) is 4.50. The maximum absolute atomic E-state index is 13.6. The third-order valence-corrected chi connectivity index (χ3v) is 3.64. The fraction of sp³-hybridized carbons (Fsp3) is 0.0667. The molecule has 2 aromatic carbocycles. The number of carbonyl (C=O) groups is 2. The van der Waals surface area contributed by atoms with Crippen LogP contribution in [0, 0.1) is 5.82 Å². The van der Waals surface area contributed by atoms with Crippen LogP contribution in [0.2, 0.25) is 15.1 Å². The second kappa shape index (κ2) is 7.64. The van der Waals surface area contributed by atoms with Crippen molar-refractivity contribution in [2.75, 3.05) is 0 Å². The molecule has 0 saturated carbocycles. The number of imide groups is 1. The molecule has 3 amide bonds. The monoisotopic (exact) mass is 374 g/mol. The summed E-state index contributed by atoms with van der Waals surface area (Å²) in [6, 6.07) is 7.55. The highest BCUT2D eigenvalue weighted by atomic mass is 35.5. The third-order valence-electron chi connectivity index (χ3n) is 2.86. The summed E-state index contributed by atoms with van der Waals surface area (Å²) in [6.07, 6.45) is 0. The molecule has 120 valence electrons. The molecule has 0 unspecified atom stereocenters. The largest absolute Gasteiger partial charge is 0.334 e. The molecule has 2 N–H and O–H groups in total. The van der Waals surface area contributed by atoms with Gasteiger partial charge < -0.3 is 5.32 Å². The Kier molecular flexibility index (Phi) is 5.82. The lowest BCUT2D eigenvalue weighted by Crippen LogP contribution is -2.39. The van der Waals surface area contributed by atoms with Crippen molar-refractivity contribution in [2.24, 2.45) is 0 Å². The number of halogens is 4. The molecule has 0 aromatic heterocycles. The van der Waals surface area contributed by atoms with Gasteiger partial charge in [0.25, 0.3) is 5.91 Å². The van der Waals surface area contributed by atoms with Gasteiger partial charge in [-0.05, 0) is 30.3 Å². The van der Waals surface area contributed by atoms with Gasteiger partial charge in [0.1, 0.15) is 5.82 Å². The zero-order valence-electron chi connectivity index (χ0n) is 11.5. The minimum absolute atomic E-state index is 0.101. The van der Waals surface area contributed by atoms with Gasteiger partial charge >= 0.3 is 6.03 Å². The summed E-state index contributed by atoms with van der Waals surface area (Å²) >= 11 is 17.2. The first-order chi connectivity index (χ1) is 10.9. The predicted octanol–water partition coefficient (Wildman–Crippen LogP) is 4.43. The van der Waals surface area contributed by atoms with E-state index in [1.165, 1.54) is 30.3 Å². The number of carbonyl (C=O) groups excluding carboxylic acids is 2. The summed E-state index contributed by atoms with van der Waals surface area (Å²) in [4.78, 5) is 23.6. The molecule has 0 spiro atoms. The van der Waals surface area contributed by atoms with E-state index in [1.54, 1.807) is 0 Å². The number of amides is 3. The molecule has 2 rings (SSSR count). The fourth-order valence-electron chi connectivity index (χ4n) is 1.73. The summed E-state index contributed by atoms with van der Waals surface area (Å²) in [5.74, 6) is -1.24. The van der Waals surface area contributed by atoms with Gasteiger partial charge in [0.15, 0.2) is 0 Å². The number of rotatable bonds is 3. The number of nitrogens with one attached hydrogen (secondary N) is 2. The van der Waals surface area contributed by atoms with Gasteiger partial charge in [-0.15, -0.1) is 0 Å². The highest BCUT2D eigenvalue weighted by Gasteiger charge is 2.14. The van der Waals surface area contributed by atoms with Crippen molar-refractivity contribution in [3.8, 4) is 0 Å². The molecule has 4 nitrogen and oxygen atoms in total. The zero-order valence-corrected chi connectivity index (χ0v) is 13.8. The Hall–Kier alpha value is -1.82. The number of hydrogen-bond donors (Lipinski definition) is 2. The molecule has 0 aliphatic carbocycles. The van der Waals surface area contributed by atoms with Crippen molar-refractivity contribution >= 4 is 46.7 Å². The van der Waals surface area contributed by atoms with E-state index in [0.717, 1.165) is 6.07 Å². The molecular weight excluding hydrogens is 366 g/mol. The van der Waals surface area contributed by atoms with Crippen LogP contribution < -0.4 is 10.6 Å². The molecule has 8 heteroatoms. The van der Waals surface area contributed by atoms with Crippen molar-refractivity contribution in [1.29, 1.82) is 0 Å². The summed E-state index contributed by atoms with van der Waals surface area (Å²) < 4.78 is 13.6. The minimum atomic E-state index is -0.782. The Morgan fingerprint density at radius 1 is 1.00 bits per heavy atom. The summed E-state index contributed by atoms with van der Waals surface area (Å²) in [5.41, 5.74) is 0.338. The van der Waals surface area contributed by atoms with E-state index in [9.17, 15) is 14.0 Å². The highest BCUT2D eigenvalue weighted by molar-refractivity contribution is 6.37. The Labute approximate surface area is 146 Å². The molecule has 0 bridgehead atoms. The molecular formula is C15H10Cl3FN2O2. The van der Waals surface area contributed by atoms with Crippen LogP contribution in [-0.2, 0) is 6.54 Å². The van der Waals surface area contributed by atoms with E-state index >= 15 is 0 Å². The van der Waals surface area contributed by atoms with Crippen molar-refractivity contribution in [3.05, 3.63) is 68.4 Å². The number of benzene rings is 2. The molecule has 0 atom stereocenters. The fourth-order valence-corrected chi connectivity index (χ4v) is 2.38. The lowest BCUT2D eigenvalue weighted by molar-refractivity contribution is 0.0964. The SMILES string of the molecule is O=C(NCc1ccc(Cl)cc1F)NC(=O)c1ccc(Cl)cc1Cl. The normalized spacial score (nSPS) is 10.3. The quantitative estimate of drug-likeness (QED) is 0.834. The van der Waals surface area contributed by atoms with Crippen molar-refractivity contribution in [1.82, 2.24) is 10.6 Å².